The number of thioether (sulfide) groups is 1. The average molecular weight is 357 g/mol. The molecule has 0 spiro atoms. The molecule has 0 amide bonds. The number of para-hydroxylation sites is 1. The monoisotopic (exact) mass is 357 g/mol. The molecule has 0 fully saturated rings. The van der Waals surface area contributed by atoms with E-state index in [1.54, 1.807) is 19.1 Å². The molecule has 2 rings (SSSR count). The lowest BCUT2D eigenvalue weighted by Crippen LogP contribution is -2.12. The fourth-order valence-corrected chi connectivity index (χ4v) is 5.11. The highest BCUT2D eigenvalue weighted by Gasteiger charge is 2.22. The summed E-state index contributed by atoms with van der Waals surface area (Å²) < 4.78 is 27.4. The normalized spacial score (nSPS) is 11.4. The van der Waals surface area contributed by atoms with Gasteiger partial charge in [0, 0.05) is 4.90 Å². The van der Waals surface area contributed by atoms with Gasteiger partial charge in [-0.05, 0) is 36.4 Å². The first-order chi connectivity index (χ1) is 10.3. The first-order valence-corrected chi connectivity index (χ1v) is 9.72. The molecule has 0 saturated carbocycles. The Kier molecular flexibility index (Phi) is 5.15. The number of thiophene rings is 1. The van der Waals surface area contributed by atoms with Gasteiger partial charge in [-0.15, -0.1) is 23.1 Å². The summed E-state index contributed by atoms with van der Waals surface area (Å²) in [4.78, 5) is 11.9. The van der Waals surface area contributed by atoms with E-state index >= 15 is 0 Å². The molecule has 0 aliphatic rings. The third-order valence-electron chi connectivity index (χ3n) is 2.79. The number of nitrogens with one attached hydrogen (secondary N) is 1. The summed E-state index contributed by atoms with van der Waals surface area (Å²) in [6.07, 6.45) is 0. The Labute approximate surface area is 137 Å². The van der Waals surface area contributed by atoms with Gasteiger partial charge >= 0.3 is 5.97 Å². The number of aromatic carboxylic acids is 1. The molecule has 0 radical (unpaired) electrons. The lowest BCUT2D eigenvalue weighted by atomic mass is 10.3. The van der Waals surface area contributed by atoms with Gasteiger partial charge in [-0.1, -0.05) is 19.1 Å². The Morgan fingerprint density at radius 3 is 2.64 bits per heavy atom. The second-order valence-corrected chi connectivity index (χ2v) is 8.68. The van der Waals surface area contributed by atoms with Crippen molar-refractivity contribution in [3.05, 3.63) is 40.8 Å². The molecule has 1 aromatic carbocycles. The van der Waals surface area contributed by atoms with Gasteiger partial charge in [0.1, 0.15) is 9.09 Å². The van der Waals surface area contributed by atoms with E-state index in [4.69, 9.17) is 5.11 Å². The molecular formula is C14H15NO4S3. The van der Waals surface area contributed by atoms with Gasteiger partial charge in [-0.2, -0.15) is 0 Å². The number of carboxylic acids is 1. The quantitative estimate of drug-likeness (QED) is 0.771. The predicted molar refractivity (Wildman–Crippen MR) is 89.7 cm³/mol. The number of anilines is 1. The minimum atomic E-state index is -3.80. The molecule has 8 heteroatoms. The van der Waals surface area contributed by atoms with Crippen LogP contribution in [0.2, 0.25) is 0 Å². The van der Waals surface area contributed by atoms with Crippen LogP contribution in [-0.2, 0) is 10.0 Å². The number of benzene rings is 1. The van der Waals surface area contributed by atoms with Crippen molar-refractivity contribution < 1.29 is 18.3 Å². The van der Waals surface area contributed by atoms with Crippen LogP contribution in [0.5, 0.6) is 0 Å². The Morgan fingerprint density at radius 1 is 1.36 bits per heavy atom. The fourth-order valence-electron chi connectivity index (χ4n) is 1.83. The van der Waals surface area contributed by atoms with Crippen LogP contribution in [-0.4, -0.2) is 25.2 Å². The highest BCUT2D eigenvalue weighted by molar-refractivity contribution is 7.99. The molecule has 0 aliphatic carbocycles. The Balaban J connectivity index is 2.36. The van der Waals surface area contributed by atoms with Crippen molar-refractivity contribution in [2.45, 2.75) is 23.0 Å². The van der Waals surface area contributed by atoms with Gasteiger partial charge in [-0.3, -0.25) is 4.72 Å². The highest BCUT2D eigenvalue weighted by atomic mass is 32.2. The smallest absolute Gasteiger partial charge is 0.346 e. The molecule has 0 atom stereocenters. The molecule has 5 nitrogen and oxygen atoms in total. The van der Waals surface area contributed by atoms with E-state index in [1.165, 1.54) is 17.8 Å². The number of rotatable bonds is 6. The van der Waals surface area contributed by atoms with Crippen molar-refractivity contribution in [2.24, 2.45) is 0 Å². The van der Waals surface area contributed by atoms with Crippen molar-refractivity contribution in [1.82, 2.24) is 0 Å². The largest absolute Gasteiger partial charge is 0.477 e. The van der Waals surface area contributed by atoms with Crippen molar-refractivity contribution in [1.29, 1.82) is 0 Å². The van der Waals surface area contributed by atoms with Gasteiger partial charge in [0.05, 0.1) is 5.69 Å². The van der Waals surface area contributed by atoms with Gasteiger partial charge in [-0.25, -0.2) is 13.2 Å². The number of carboxylic acid groups (broad SMARTS) is 1. The van der Waals surface area contributed by atoms with E-state index in [9.17, 15) is 13.2 Å². The van der Waals surface area contributed by atoms with Crippen molar-refractivity contribution in [2.75, 3.05) is 10.5 Å². The number of aryl methyl sites for hydroxylation is 1. The summed E-state index contributed by atoms with van der Waals surface area (Å²) in [6.45, 7) is 3.57. The minimum Gasteiger partial charge on any atom is -0.477 e. The third-order valence-corrected chi connectivity index (χ3v) is 6.81. The summed E-state index contributed by atoms with van der Waals surface area (Å²) >= 11 is 2.29. The Bertz CT molecular complexity index is 796. The number of hydrogen-bond donors (Lipinski definition) is 2. The molecule has 118 valence electrons. The van der Waals surface area contributed by atoms with E-state index < -0.39 is 16.0 Å². The van der Waals surface area contributed by atoms with Gasteiger partial charge in [0.25, 0.3) is 10.0 Å². The van der Waals surface area contributed by atoms with Crippen LogP contribution in [0.25, 0.3) is 0 Å². The predicted octanol–water partition coefficient (Wildman–Crippen LogP) is 3.67. The lowest BCUT2D eigenvalue weighted by Gasteiger charge is -2.10. The van der Waals surface area contributed by atoms with Crippen LogP contribution < -0.4 is 4.72 Å². The molecule has 1 aromatic heterocycles. The molecular weight excluding hydrogens is 342 g/mol. The van der Waals surface area contributed by atoms with Crippen LogP contribution in [0.4, 0.5) is 5.69 Å². The molecule has 0 unspecified atom stereocenters. The average Bonchev–Trinajstić information content (AvgIpc) is 2.84. The van der Waals surface area contributed by atoms with Gasteiger partial charge in [0.2, 0.25) is 0 Å². The summed E-state index contributed by atoms with van der Waals surface area (Å²) in [5.74, 6) is -0.300. The molecule has 1 heterocycles. The Morgan fingerprint density at radius 2 is 2.05 bits per heavy atom. The molecule has 2 aromatic rings. The zero-order valence-electron chi connectivity index (χ0n) is 12.0. The van der Waals surface area contributed by atoms with E-state index in [2.05, 4.69) is 4.72 Å². The Hall–Kier alpha value is -1.51. The second kappa shape index (κ2) is 6.72. The van der Waals surface area contributed by atoms with Crippen LogP contribution in [0, 0.1) is 6.92 Å². The third kappa shape index (κ3) is 3.63. The summed E-state index contributed by atoms with van der Waals surface area (Å²) in [5.41, 5.74) is 0.936. The zero-order chi connectivity index (χ0) is 16.3. The fraction of sp³-hybridized carbons (Fsp3) is 0.214. The SMILES string of the molecule is CCSc1ccccc1NS(=O)(=O)c1cc(C)c(C(=O)O)s1. The maximum absolute atomic E-state index is 12.4. The van der Waals surface area contributed by atoms with Crippen LogP contribution in [0.15, 0.2) is 39.4 Å². The van der Waals surface area contributed by atoms with Crippen molar-refractivity contribution >= 4 is 44.8 Å². The van der Waals surface area contributed by atoms with Gasteiger partial charge < -0.3 is 5.11 Å². The van der Waals surface area contributed by atoms with Gasteiger partial charge in [0.15, 0.2) is 0 Å². The first kappa shape index (κ1) is 16.9. The van der Waals surface area contributed by atoms with Crippen LogP contribution in [0.3, 0.4) is 0 Å². The first-order valence-electron chi connectivity index (χ1n) is 6.43. The van der Waals surface area contributed by atoms with Crippen molar-refractivity contribution in [3.63, 3.8) is 0 Å². The lowest BCUT2D eigenvalue weighted by molar-refractivity contribution is 0.0701. The van der Waals surface area contributed by atoms with E-state index in [1.807, 2.05) is 19.1 Å². The summed E-state index contributed by atoms with van der Waals surface area (Å²) in [7, 11) is -3.80. The minimum absolute atomic E-state index is 0.00120. The van der Waals surface area contributed by atoms with Crippen LogP contribution in [0.1, 0.15) is 22.2 Å². The number of sulfonamides is 1. The van der Waals surface area contributed by atoms with Crippen molar-refractivity contribution in [3.8, 4) is 0 Å². The maximum Gasteiger partial charge on any atom is 0.346 e. The number of hydrogen-bond acceptors (Lipinski definition) is 5. The standard InChI is InChI=1S/C14H15NO4S3/c1-3-20-11-7-5-4-6-10(11)15-22(18,19)12-8-9(2)13(21-12)14(16)17/h4-8,15H,3H2,1-2H3,(H,16,17). The highest BCUT2D eigenvalue weighted by Crippen LogP contribution is 2.31. The maximum atomic E-state index is 12.4. The molecule has 2 N–H and O–H groups in total. The summed E-state index contributed by atoms with van der Waals surface area (Å²) in [5, 5.41) is 9.04. The molecule has 22 heavy (non-hydrogen) atoms. The summed E-state index contributed by atoms with van der Waals surface area (Å²) in [6, 6.07) is 8.50. The van der Waals surface area contributed by atoms with E-state index in [-0.39, 0.29) is 9.09 Å². The second-order valence-electron chi connectivity index (χ2n) is 4.42. The number of carbonyl (C=O) groups is 1. The molecule has 0 bridgehead atoms. The topological polar surface area (TPSA) is 83.5 Å². The van der Waals surface area contributed by atoms with Crippen LogP contribution >= 0.6 is 23.1 Å². The van der Waals surface area contributed by atoms with E-state index in [0.29, 0.717) is 11.3 Å². The molecule has 0 aliphatic heterocycles. The van der Waals surface area contributed by atoms with E-state index in [0.717, 1.165) is 22.0 Å². The molecule has 0 saturated heterocycles. The zero-order valence-corrected chi connectivity index (χ0v) is 14.4.